The molecule has 0 spiro atoms. The third-order valence-electron chi connectivity index (χ3n) is 1.91. The number of rotatable bonds is 2. The lowest BCUT2D eigenvalue weighted by Gasteiger charge is -2.28. The Kier molecular flexibility index (Phi) is 2.88. The van der Waals surface area contributed by atoms with Crippen LogP contribution in [0.3, 0.4) is 0 Å². The first-order valence-electron chi connectivity index (χ1n) is 4.07. The highest BCUT2D eigenvalue weighted by molar-refractivity contribution is 7.76. The van der Waals surface area contributed by atoms with E-state index in [4.69, 9.17) is 0 Å². The van der Waals surface area contributed by atoms with Crippen molar-refractivity contribution < 1.29 is 4.79 Å². The molecule has 0 unspecified atom stereocenters. The van der Waals surface area contributed by atoms with E-state index in [0.29, 0.717) is 0 Å². The number of hydrogen-bond donors (Lipinski definition) is 1. The van der Waals surface area contributed by atoms with Crippen LogP contribution in [-0.2, 0) is 18.2 Å². The molecule has 0 saturated carbocycles. The van der Waals surface area contributed by atoms with Crippen LogP contribution >= 0.6 is 0 Å². The molecule has 0 saturated heterocycles. The number of nitrogens with one attached hydrogen (secondary N) is 1. The largest absolute Gasteiger partial charge is 0.719 e. The average molecular weight is 194 g/mol. The van der Waals surface area contributed by atoms with Gasteiger partial charge < -0.3 is 22.7 Å². The number of hydrogen-bond acceptors (Lipinski definition) is 2. The van der Waals surface area contributed by atoms with E-state index in [9.17, 15) is 4.79 Å². The van der Waals surface area contributed by atoms with Gasteiger partial charge in [-0.25, -0.2) is 0 Å². The first-order chi connectivity index (χ1) is 6.02. The highest BCUT2D eigenvalue weighted by Crippen LogP contribution is 2.18. The number of benzene rings is 1. The van der Waals surface area contributed by atoms with Crippen LogP contribution in [0, 0.1) is 0 Å². The van der Waals surface area contributed by atoms with Crippen LogP contribution in [0.5, 0.6) is 0 Å². The topological polar surface area (TPSA) is 29.1 Å². The molecular weight excluding hydrogens is 182 g/mol. The lowest BCUT2D eigenvalue weighted by Crippen LogP contribution is -2.39. The van der Waals surface area contributed by atoms with E-state index < -0.39 is 5.24 Å². The van der Waals surface area contributed by atoms with Gasteiger partial charge in [0, 0.05) is 0 Å². The van der Waals surface area contributed by atoms with Crippen molar-refractivity contribution in [1.29, 1.82) is 0 Å². The summed E-state index contributed by atoms with van der Waals surface area (Å²) in [6, 6.07) is 9.74. The van der Waals surface area contributed by atoms with Gasteiger partial charge in [0.1, 0.15) is 0 Å². The predicted molar refractivity (Wildman–Crippen MR) is 55.4 cm³/mol. The molecule has 0 aliphatic carbocycles. The fourth-order valence-corrected chi connectivity index (χ4v) is 1.44. The summed E-state index contributed by atoms with van der Waals surface area (Å²) in [6.07, 6.45) is 0. The molecule has 1 aromatic rings. The van der Waals surface area contributed by atoms with Gasteiger partial charge in [0.15, 0.2) is 0 Å². The van der Waals surface area contributed by atoms with E-state index in [-0.39, 0.29) is 5.54 Å². The number of amides is 1. The Labute approximate surface area is 83.8 Å². The van der Waals surface area contributed by atoms with Gasteiger partial charge in [-0.2, -0.15) is 0 Å². The minimum atomic E-state index is -0.422. The molecule has 0 atom stereocenters. The van der Waals surface area contributed by atoms with E-state index in [0.717, 1.165) is 5.56 Å². The van der Waals surface area contributed by atoms with Crippen LogP contribution in [-0.4, -0.2) is 5.24 Å². The van der Waals surface area contributed by atoms with Crippen LogP contribution in [0.2, 0.25) is 0 Å². The Balaban J connectivity index is 2.87. The Morgan fingerprint density at radius 1 is 1.31 bits per heavy atom. The summed E-state index contributed by atoms with van der Waals surface area (Å²) >= 11 is 4.48. The number of carbonyl (C=O) groups is 1. The molecule has 70 valence electrons. The second kappa shape index (κ2) is 3.75. The lowest BCUT2D eigenvalue weighted by atomic mass is 9.95. The van der Waals surface area contributed by atoms with Gasteiger partial charge in [-0.1, -0.05) is 30.3 Å². The van der Waals surface area contributed by atoms with Crippen molar-refractivity contribution in [3.8, 4) is 0 Å². The molecule has 0 bridgehead atoms. The predicted octanol–water partition coefficient (Wildman–Crippen LogP) is 2.18. The van der Waals surface area contributed by atoms with Gasteiger partial charge in [0.25, 0.3) is 0 Å². The van der Waals surface area contributed by atoms with E-state index >= 15 is 0 Å². The molecule has 0 aromatic heterocycles. The van der Waals surface area contributed by atoms with Gasteiger partial charge in [-0.05, 0) is 19.4 Å². The van der Waals surface area contributed by atoms with Crippen molar-refractivity contribution in [3.63, 3.8) is 0 Å². The molecule has 1 N–H and O–H groups in total. The van der Waals surface area contributed by atoms with Gasteiger partial charge >= 0.3 is 0 Å². The highest BCUT2D eigenvalue weighted by atomic mass is 32.1. The third kappa shape index (κ3) is 2.70. The maximum absolute atomic E-state index is 10.7. The Bertz CT molecular complexity index is 295. The first kappa shape index (κ1) is 9.99. The summed E-state index contributed by atoms with van der Waals surface area (Å²) in [5.74, 6) is 0. The fraction of sp³-hybridized carbons (Fsp3) is 0.300. The molecule has 1 amide bonds. The molecule has 1 rings (SSSR count). The molecule has 0 fully saturated rings. The van der Waals surface area contributed by atoms with Crippen molar-refractivity contribution in [3.05, 3.63) is 35.9 Å². The molecular formula is C10H12NOS-. The molecule has 3 heteroatoms. The van der Waals surface area contributed by atoms with Crippen molar-refractivity contribution in [2.75, 3.05) is 0 Å². The molecule has 0 aliphatic heterocycles. The minimum absolute atomic E-state index is 0.389. The summed E-state index contributed by atoms with van der Waals surface area (Å²) in [7, 11) is 0. The third-order valence-corrected chi connectivity index (χ3v) is 2.01. The average Bonchev–Trinajstić information content (AvgIpc) is 2.04. The van der Waals surface area contributed by atoms with E-state index in [1.807, 2.05) is 44.2 Å². The van der Waals surface area contributed by atoms with Crippen LogP contribution in [0.4, 0.5) is 4.79 Å². The quantitative estimate of drug-likeness (QED) is 0.731. The van der Waals surface area contributed by atoms with Crippen LogP contribution in [0.25, 0.3) is 0 Å². The Morgan fingerprint density at radius 3 is 2.31 bits per heavy atom. The second-order valence-corrected chi connectivity index (χ2v) is 3.77. The van der Waals surface area contributed by atoms with Crippen LogP contribution in [0.1, 0.15) is 19.4 Å². The maximum Gasteiger partial charge on any atom is 0.0987 e. The van der Waals surface area contributed by atoms with Gasteiger partial charge in [-0.15, -0.1) is 0 Å². The maximum atomic E-state index is 10.7. The van der Waals surface area contributed by atoms with Crippen molar-refractivity contribution in [1.82, 2.24) is 5.32 Å². The summed E-state index contributed by atoms with van der Waals surface area (Å²) < 4.78 is 0. The van der Waals surface area contributed by atoms with Crippen molar-refractivity contribution in [2.45, 2.75) is 19.4 Å². The fourth-order valence-electron chi connectivity index (χ4n) is 1.18. The zero-order valence-electron chi connectivity index (χ0n) is 7.70. The lowest BCUT2D eigenvalue weighted by molar-refractivity contribution is 0.251. The molecule has 0 aliphatic rings. The van der Waals surface area contributed by atoms with E-state index in [1.165, 1.54) is 0 Å². The zero-order valence-corrected chi connectivity index (χ0v) is 8.52. The van der Waals surface area contributed by atoms with Gasteiger partial charge in [-0.3, -0.25) is 0 Å². The van der Waals surface area contributed by atoms with E-state index in [2.05, 4.69) is 17.9 Å². The summed E-state index contributed by atoms with van der Waals surface area (Å²) in [5.41, 5.74) is 0.660. The monoisotopic (exact) mass is 194 g/mol. The normalized spacial score (nSPS) is 10.9. The summed E-state index contributed by atoms with van der Waals surface area (Å²) in [4.78, 5) is 10.7. The Morgan fingerprint density at radius 2 is 1.85 bits per heavy atom. The van der Waals surface area contributed by atoms with Crippen molar-refractivity contribution in [2.24, 2.45) is 0 Å². The van der Waals surface area contributed by atoms with Gasteiger partial charge in [0.05, 0.1) is 10.8 Å². The smallest absolute Gasteiger partial charge is 0.0987 e. The molecule has 2 nitrogen and oxygen atoms in total. The minimum Gasteiger partial charge on any atom is -0.719 e. The molecule has 0 radical (unpaired) electrons. The standard InChI is InChI=1S/C10H13NOS/c1-10(2,11-9(12)13)8-6-4-3-5-7-8/h3-7H,1-2H3,(H2,11,12,13)/p-1. The summed E-state index contributed by atoms with van der Waals surface area (Å²) in [5, 5.41) is 2.29. The molecule has 1 aromatic carbocycles. The Hall–Kier alpha value is -1.09. The van der Waals surface area contributed by atoms with Crippen molar-refractivity contribution >= 4 is 17.9 Å². The van der Waals surface area contributed by atoms with E-state index in [1.54, 1.807) is 0 Å². The highest BCUT2D eigenvalue weighted by Gasteiger charge is 2.18. The second-order valence-electron chi connectivity index (χ2n) is 3.40. The van der Waals surface area contributed by atoms with Crippen LogP contribution in [0.15, 0.2) is 30.3 Å². The number of carbonyl (C=O) groups excluding carboxylic acids is 1. The van der Waals surface area contributed by atoms with Gasteiger partial charge in [0.2, 0.25) is 0 Å². The zero-order chi connectivity index (χ0) is 9.90. The van der Waals surface area contributed by atoms with Crippen LogP contribution < -0.4 is 5.32 Å². The molecule has 13 heavy (non-hydrogen) atoms. The first-order valence-corrected chi connectivity index (χ1v) is 4.48. The SMILES string of the molecule is CC(C)(NC(=O)[S-])c1ccccc1. The summed E-state index contributed by atoms with van der Waals surface area (Å²) in [6.45, 7) is 3.85. The molecule has 0 heterocycles.